The molecular weight excluding hydrogens is 448 g/mol. The van der Waals surface area contributed by atoms with Gasteiger partial charge in [-0.2, -0.15) is 52.7 Å². The van der Waals surface area contributed by atoms with Crippen LogP contribution in [0, 0.1) is 0 Å². The predicted octanol–water partition coefficient (Wildman–Crippen LogP) is 6.59. The molecule has 0 aliphatic rings. The van der Waals surface area contributed by atoms with E-state index in [2.05, 4.69) is 0 Å². The summed E-state index contributed by atoms with van der Waals surface area (Å²) in [5.74, 6) is 0. The van der Waals surface area contributed by atoms with Crippen molar-refractivity contribution in [2.24, 2.45) is 0 Å². The van der Waals surface area contributed by atoms with Crippen LogP contribution in [-0.2, 0) is 24.7 Å². The first kappa shape index (κ1) is 23.5. The van der Waals surface area contributed by atoms with E-state index in [-0.39, 0.29) is 0 Å². The number of hydrogen-bond acceptors (Lipinski definition) is 2. The van der Waals surface area contributed by atoms with E-state index in [1.807, 2.05) is 0 Å². The fraction of sp³-hybridized carbons (Fsp3) is 0.250. The first-order chi connectivity index (χ1) is 13.3. The number of rotatable bonds is 1. The van der Waals surface area contributed by atoms with Gasteiger partial charge in [0.05, 0.1) is 27.9 Å². The molecule has 0 aliphatic carbocycles. The number of nitrogen functional groups attached to an aromatic ring is 2. The van der Waals surface area contributed by atoms with Gasteiger partial charge in [-0.05, 0) is 6.07 Å². The van der Waals surface area contributed by atoms with Gasteiger partial charge in [-0.15, -0.1) is 0 Å². The second-order valence-corrected chi connectivity index (χ2v) is 5.87. The molecule has 0 unspecified atom stereocenters. The second kappa shape index (κ2) is 6.87. The van der Waals surface area contributed by atoms with E-state index in [9.17, 15) is 52.7 Å². The maximum absolute atomic E-state index is 13.6. The van der Waals surface area contributed by atoms with Gasteiger partial charge in [0, 0.05) is 16.8 Å². The van der Waals surface area contributed by atoms with E-state index in [0.29, 0.717) is 6.07 Å². The third-order valence-electron chi connectivity index (χ3n) is 3.90. The summed E-state index contributed by atoms with van der Waals surface area (Å²) >= 11 is 0. The minimum Gasteiger partial charge on any atom is -0.398 e. The van der Waals surface area contributed by atoms with E-state index in [4.69, 9.17) is 11.5 Å². The monoisotopic (exact) mass is 456 g/mol. The van der Waals surface area contributed by atoms with Crippen LogP contribution < -0.4 is 11.5 Å². The summed E-state index contributed by atoms with van der Waals surface area (Å²) in [6.45, 7) is 0. The van der Waals surface area contributed by atoms with E-state index in [1.165, 1.54) is 0 Å². The van der Waals surface area contributed by atoms with E-state index < -0.39 is 69.5 Å². The highest BCUT2D eigenvalue weighted by molar-refractivity contribution is 5.90. The maximum atomic E-state index is 13.6. The van der Waals surface area contributed by atoms with Crippen LogP contribution in [0.15, 0.2) is 24.3 Å². The molecule has 30 heavy (non-hydrogen) atoms. The van der Waals surface area contributed by atoms with Crippen LogP contribution in [0.5, 0.6) is 0 Å². The van der Waals surface area contributed by atoms with Gasteiger partial charge in [0.15, 0.2) is 0 Å². The molecule has 0 aliphatic heterocycles. The zero-order valence-corrected chi connectivity index (χ0v) is 14.0. The van der Waals surface area contributed by atoms with Crippen molar-refractivity contribution in [3.8, 4) is 11.1 Å². The zero-order chi connectivity index (χ0) is 23.4. The second-order valence-electron chi connectivity index (χ2n) is 5.87. The van der Waals surface area contributed by atoms with Crippen molar-refractivity contribution < 1.29 is 52.7 Å². The van der Waals surface area contributed by atoms with Crippen molar-refractivity contribution in [2.75, 3.05) is 11.5 Å². The summed E-state index contributed by atoms with van der Waals surface area (Å²) < 4.78 is 161. The molecule has 0 fully saturated rings. The summed E-state index contributed by atoms with van der Waals surface area (Å²) in [5, 5.41) is 0. The van der Waals surface area contributed by atoms with Gasteiger partial charge in [0.2, 0.25) is 0 Å². The van der Waals surface area contributed by atoms with Crippen LogP contribution in [0.1, 0.15) is 22.3 Å². The van der Waals surface area contributed by atoms with Gasteiger partial charge in [-0.1, -0.05) is 18.2 Å². The van der Waals surface area contributed by atoms with Crippen molar-refractivity contribution in [3.05, 3.63) is 46.5 Å². The Bertz CT molecular complexity index is 965. The number of benzene rings is 2. The third-order valence-corrected chi connectivity index (χ3v) is 3.90. The third kappa shape index (κ3) is 4.07. The average molecular weight is 456 g/mol. The lowest BCUT2D eigenvalue weighted by Gasteiger charge is -2.29. The van der Waals surface area contributed by atoms with Gasteiger partial charge < -0.3 is 11.5 Å². The summed E-state index contributed by atoms with van der Waals surface area (Å²) in [6, 6.07) is 3.42. The van der Waals surface area contributed by atoms with E-state index in [0.717, 1.165) is 18.2 Å². The number of hydrogen-bond donors (Lipinski definition) is 2. The Morgan fingerprint density at radius 2 is 0.867 bits per heavy atom. The van der Waals surface area contributed by atoms with Crippen LogP contribution >= 0.6 is 0 Å². The minimum atomic E-state index is -6.48. The highest BCUT2D eigenvalue weighted by Gasteiger charge is 2.57. The Kier molecular flexibility index (Phi) is 5.38. The molecular formula is C16H8F12N2. The predicted molar refractivity (Wildman–Crippen MR) is 80.7 cm³/mol. The number of halogens is 12. The lowest BCUT2D eigenvalue weighted by Crippen LogP contribution is -2.29. The molecule has 2 aromatic rings. The molecule has 0 radical (unpaired) electrons. The SMILES string of the molecule is Nc1ccccc1-c1c(N)c(C(F)(F)F)c(C(F)(F)F)c(C(F)(F)F)c1C(F)(F)F. The standard InChI is InChI=1S/C16H8F12N2/c17-13(18,19)8-7(5-3-1-2-4-6(5)29)12(30)11(16(26,27)28)10(15(23,24)25)9(8)14(20,21)22/h1-4H,29-30H2. The highest BCUT2D eigenvalue weighted by Crippen LogP contribution is 2.57. The van der Waals surface area contributed by atoms with Gasteiger partial charge in [0.1, 0.15) is 0 Å². The fourth-order valence-corrected chi connectivity index (χ4v) is 2.92. The van der Waals surface area contributed by atoms with Crippen molar-refractivity contribution in [2.45, 2.75) is 24.7 Å². The summed E-state index contributed by atoms with van der Waals surface area (Å²) in [6.07, 6.45) is -25.3. The molecule has 2 aromatic carbocycles. The fourth-order valence-electron chi connectivity index (χ4n) is 2.92. The molecule has 0 saturated heterocycles. The Morgan fingerprint density at radius 1 is 0.500 bits per heavy atom. The average Bonchev–Trinajstić information content (AvgIpc) is 2.50. The molecule has 0 spiro atoms. The quantitative estimate of drug-likeness (QED) is 0.376. The van der Waals surface area contributed by atoms with Gasteiger partial charge in [-0.25, -0.2) is 0 Å². The molecule has 0 bridgehead atoms. The molecule has 166 valence electrons. The Balaban J connectivity index is 3.38. The largest absolute Gasteiger partial charge is 0.419 e. The Hall–Kier alpha value is -2.80. The summed E-state index contributed by atoms with van der Waals surface area (Å²) in [7, 11) is 0. The number of alkyl halides is 12. The molecule has 0 aromatic heterocycles. The molecule has 4 N–H and O–H groups in total. The van der Waals surface area contributed by atoms with Crippen molar-refractivity contribution in [1.82, 2.24) is 0 Å². The maximum Gasteiger partial charge on any atom is 0.419 e. The lowest BCUT2D eigenvalue weighted by molar-refractivity contribution is -0.182. The molecule has 0 amide bonds. The molecule has 0 saturated carbocycles. The zero-order valence-electron chi connectivity index (χ0n) is 14.0. The van der Waals surface area contributed by atoms with Crippen LogP contribution in [0.25, 0.3) is 11.1 Å². The van der Waals surface area contributed by atoms with Crippen LogP contribution in [0.4, 0.5) is 64.1 Å². The van der Waals surface area contributed by atoms with Gasteiger partial charge in [-0.3, -0.25) is 0 Å². The van der Waals surface area contributed by atoms with Crippen LogP contribution in [0.2, 0.25) is 0 Å². The highest BCUT2D eigenvalue weighted by atomic mass is 19.4. The molecule has 14 heteroatoms. The molecule has 0 atom stereocenters. The van der Waals surface area contributed by atoms with Crippen molar-refractivity contribution in [3.63, 3.8) is 0 Å². The lowest BCUT2D eigenvalue weighted by atomic mass is 9.84. The van der Waals surface area contributed by atoms with Gasteiger partial charge >= 0.3 is 24.7 Å². The smallest absolute Gasteiger partial charge is 0.398 e. The van der Waals surface area contributed by atoms with Crippen molar-refractivity contribution >= 4 is 11.4 Å². The minimum absolute atomic E-state index is 0.601. The first-order valence-electron chi connectivity index (χ1n) is 7.42. The number of para-hydroxylation sites is 1. The molecule has 2 rings (SSSR count). The van der Waals surface area contributed by atoms with Crippen molar-refractivity contribution in [1.29, 1.82) is 0 Å². The van der Waals surface area contributed by atoms with E-state index in [1.54, 1.807) is 0 Å². The topological polar surface area (TPSA) is 52.0 Å². The van der Waals surface area contributed by atoms with E-state index >= 15 is 0 Å². The van der Waals surface area contributed by atoms with Crippen LogP contribution in [0.3, 0.4) is 0 Å². The number of anilines is 2. The van der Waals surface area contributed by atoms with Gasteiger partial charge in [0.25, 0.3) is 0 Å². The first-order valence-corrected chi connectivity index (χ1v) is 7.42. The molecule has 2 nitrogen and oxygen atoms in total. The summed E-state index contributed by atoms with van der Waals surface area (Å²) in [4.78, 5) is 0. The van der Waals surface area contributed by atoms with Crippen LogP contribution in [-0.4, -0.2) is 0 Å². The Labute approximate surface area is 159 Å². The normalized spacial score (nSPS) is 13.6. The molecule has 0 heterocycles. The Morgan fingerprint density at radius 3 is 1.23 bits per heavy atom. The number of nitrogens with two attached hydrogens (primary N) is 2. The summed E-state index contributed by atoms with van der Waals surface area (Å²) in [5.41, 5.74) is -8.77.